The van der Waals surface area contributed by atoms with Gasteiger partial charge in [-0.2, -0.15) is 0 Å². The molecule has 1 atom stereocenters. The molecule has 0 N–H and O–H groups in total. The molecule has 4 rings (SSSR count). The minimum absolute atomic E-state index is 0.284. The van der Waals surface area contributed by atoms with Crippen LogP contribution in [0.4, 0.5) is 4.79 Å². The van der Waals surface area contributed by atoms with Crippen LogP contribution in [0.3, 0.4) is 0 Å². The lowest BCUT2D eigenvalue weighted by atomic mass is 9.88. The van der Waals surface area contributed by atoms with Crippen LogP contribution in [0.2, 0.25) is 0 Å². The van der Waals surface area contributed by atoms with Crippen LogP contribution in [0.25, 0.3) is 10.8 Å². The van der Waals surface area contributed by atoms with E-state index < -0.39 is 11.2 Å². The molecule has 4 nitrogen and oxygen atoms in total. The molecule has 1 saturated heterocycles. The Morgan fingerprint density at radius 3 is 2.43 bits per heavy atom. The zero-order valence-electron chi connectivity index (χ0n) is 17.9. The van der Waals surface area contributed by atoms with Crippen molar-refractivity contribution in [2.24, 2.45) is 0 Å². The van der Waals surface area contributed by atoms with E-state index in [-0.39, 0.29) is 6.09 Å². The van der Waals surface area contributed by atoms with Crippen molar-refractivity contribution in [2.45, 2.75) is 45.0 Å². The summed E-state index contributed by atoms with van der Waals surface area (Å²) in [5.74, 6) is 0. The van der Waals surface area contributed by atoms with Crippen LogP contribution in [-0.2, 0) is 21.7 Å². The van der Waals surface area contributed by atoms with E-state index in [0.29, 0.717) is 19.7 Å². The smallest absolute Gasteiger partial charge is 0.410 e. The number of nitrogens with zero attached hydrogens (tertiary/aromatic N) is 1. The minimum Gasteiger partial charge on any atom is -0.444 e. The number of hydrogen-bond donors (Lipinski definition) is 0. The molecule has 1 heterocycles. The number of fused-ring (bicyclic) bond motifs is 1. The van der Waals surface area contributed by atoms with Gasteiger partial charge in [-0.1, -0.05) is 72.8 Å². The fourth-order valence-corrected chi connectivity index (χ4v) is 4.10. The SMILES string of the molecule is CC(C)(C)OC(=O)N1CCC(OCc2ccccc2)(c2cccc3ccccc23)C1. The van der Waals surface area contributed by atoms with E-state index in [1.807, 2.05) is 45.0 Å². The number of benzene rings is 3. The van der Waals surface area contributed by atoms with Gasteiger partial charge in [0.25, 0.3) is 0 Å². The lowest BCUT2D eigenvalue weighted by Gasteiger charge is -2.32. The standard InChI is InChI=1S/C26H29NO3/c1-25(2,3)30-24(28)27-17-16-26(19-27,29-18-20-10-5-4-6-11-20)23-15-9-13-21-12-7-8-14-22(21)23/h4-15H,16-19H2,1-3H3. The summed E-state index contributed by atoms with van der Waals surface area (Å²) >= 11 is 0. The minimum atomic E-state index is -0.576. The summed E-state index contributed by atoms with van der Waals surface area (Å²) in [6.45, 7) is 7.25. The van der Waals surface area contributed by atoms with Crippen LogP contribution >= 0.6 is 0 Å². The molecule has 1 fully saturated rings. The second-order valence-electron chi connectivity index (χ2n) is 8.95. The van der Waals surface area contributed by atoms with Crippen LogP contribution in [0, 0.1) is 0 Å². The van der Waals surface area contributed by atoms with Crippen molar-refractivity contribution in [2.75, 3.05) is 13.1 Å². The maximum atomic E-state index is 12.8. The van der Waals surface area contributed by atoms with Gasteiger partial charge in [-0.25, -0.2) is 4.79 Å². The molecule has 3 aromatic carbocycles. The fraction of sp³-hybridized carbons (Fsp3) is 0.346. The summed E-state index contributed by atoms with van der Waals surface area (Å²) in [4.78, 5) is 14.5. The van der Waals surface area contributed by atoms with Crippen molar-refractivity contribution in [3.05, 3.63) is 83.9 Å². The molecular weight excluding hydrogens is 374 g/mol. The highest BCUT2D eigenvalue weighted by Crippen LogP contribution is 2.40. The molecule has 3 aromatic rings. The van der Waals surface area contributed by atoms with Gasteiger partial charge < -0.3 is 14.4 Å². The number of hydrogen-bond acceptors (Lipinski definition) is 3. The van der Waals surface area contributed by atoms with Gasteiger partial charge >= 0.3 is 6.09 Å². The fourth-order valence-electron chi connectivity index (χ4n) is 4.10. The third kappa shape index (κ3) is 4.34. The van der Waals surface area contributed by atoms with Gasteiger partial charge in [-0.15, -0.1) is 0 Å². The first kappa shape index (κ1) is 20.4. The van der Waals surface area contributed by atoms with Gasteiger partial charge in [0.2, 0.25) is 0 Å². The average Bonchev–Trinajstić information content (AvgIpc) is 3.17. The summed E-state index contributed by atoms with van der Waals surface area (Å²) in [5, 5.41) is 2.34. The molecular formula is C26H29NO3. The average molecular weight is 404 g/mol. The van der Waals surface area contributed by atoms with Crippen LogP contribution in [0.15, 0.2) is 72.8 Å². The summed E-state index contributed by atoms with van der Waals surface area (Å²) < 4.78 is 12.3. The predicted octanol–water partition coefficient (Wildman–Crippen LogP) is 5.89. The lowest BCUT2D eigenvalue weighted by Crippen LogP contribution is -2.39. The van der Waals surface area contributed by atoms with Crippen molar-refractivity contribution < 1.29 is 14.3 Å². The van der Waals surface area contributed by atoms with Crippen molar-refractivity contribution >= 4 is 16.9 Å². The monoisotopic (exact) mass is 403 g/mol. The highest BCUT2D eigenvalue weighted by Gasteiger charge is 2.44. The molecule has 156 valence electrons. The molecule has 4 heteroatoms. The molecule has 1 aliphatic heterocycles. The van der Waals surface area contributed by atoms with Crippen LogP contribution in [-0.4, -0.2) is 29.7 Å². The van der Waals surface area contributed by atoms with Crippen LogP contribution < -0.4 is 0 Å². The van der Waals surface area contributed by atoms with Crippen molar-refractivity contribution in [3.63, 3.8) is 0 Å². The topological polar surface area (TPSA) is 38.8 Å². The third-order valence-electron chi connectivity index (χ3n) is 5.52. The number of carbonyl (C=O) groups is 1. The number of likely N-dealkylation sites (tertiary alicyclic amines) is 1. The van der Waals surface area contributed by atoms with E-state index in [9.17, 15) is 4.79 Å². The van der Waals surface area contributed by atoms with Gasteiger partial charge in [0.1, 0.15) is 11.2 Å². The number of amides is 1. The van der Waals surface area contributed by atoms with Gasteiger partial charge in [-0.3, -0.25) is 0 Å². The van der Waals surface area contributed by atoms with Crippen LogP contribution in [0.1, 0.15) is 38.3 Å². The van der Waals surface area contributed by atoms with Crippen LogP contribution in [0.5, 0.6) is 0 Å². The summed E-state index contributed by atoms with van der Waals surface area (Å²) in [7, 11) is 0. The van der Waals surface area contributed by atoms with Crippen molar-refractivity contribution in [1.29, 1.82) is 0 Å². The summed E-state index contributed by atoms with van der Waals surface area (Å²) in [6, 6.07) is 24.8. The van der Waals surface area contributed by atoms with Crippen molar-refractivity contribution in [3.8, 4) is 0 Å². The molecule has 1 amide bonds. The summed E-state index contributed by atoms with van der Waals surface area (Å²) in [5.41, 5.74) is 1.15. The van der Waals surface area contributed by atoms with Gasteiger partial charge in [0.15, 0.2) is 0 Å². The number of ether oxygens (including phenoxy) is 2. The normalized spacial score (nSPS) is 19.2. The zero-order valence-corrected chi connectivity index (χ0v) is 17.9. The number of rotatable bonds is 4. The molecule has 0 aliphatic carbocycles. The maximum absolute atomic E-state index is 12.8. The second-order valence-corrected chi connectivity index (χ2v) is 8.95. The number of carbonyl (C=O) groups excluding carboxylic acids is 1. The summed E-state index contributed by atoms with van der Waals surface area (Å²) in [6.07, 6.45) is 0.445. The molecule has 1 aliphatic rings. The quantitative estimate of drug-likeness (QED) is 0.545. The maximum Gasteiger partial charge on any atom is 0.410 e. The van der Waals surface area contributed by atoms with E-state index in [1.54, 1.807) is 4.90 Å². The van der Waals surface area contributed by atoms with E-state index in [4.69, 9.17) is 9.47 Å². The highest BCUT2D eigenvalue weighted by atomic mass is 16.6. The first-order valence-electron chi connectivity index (χ1n) is 10.5. The Balaban J connectivity index is 1.68. The van der Waals surface area contributed by atoms with Crippen molar-refractivity contribution in [1.82, 2.24) is 4.90 Å². The first-order valence-corrected chi connectivity index (χ1v) is 10.5. The molecule has 0 spiro atoms. The van der Waals surface area contributed by atoms with E-state index in [0.717, 1.165) is 17.5 Å². The Morgan fingerprint density at radius 1 is 0.967 bits per heavy atom. The molecule has 0 saturated carbocycles. The third-order valence-corrected chi connectivity index (χ3v) is 5.52. The Hall–Kier alpha value is -2.85. The molecule has 0 radical (unpaired) electrons. The Labute approximate surface area is 178 Å². The molecule has 0 aromatic heterocycles. The Bertz CT molecular complexity index is 1020. The van der Waals surface area contributed by atoms with E-state index in [1.165, 1.54) is 10.8 Å². The predicted molar refractivity (Wildman–Crippen MR) is 119 cm³/mol. The van der Waals surface area contributed by atoms with Gasteiger partial charge in [0.05, 0.1) is 13.2 Å². The molecule has 1 unspecified atom stereocenters. The van der Waals surface area contributed by atoms with E-state index in [2.05, 4.69) is 48.5 Å². The zero-order chi connectivity index (χ0) is 21.2. The first-order chi connectivity index (χ1) is 14.4. The second kappa shape index (κ2) is 8.11. The Kier molecular flexibility index (Phi) is 5.52. The Morgan fingerprint density at radius 2 is 1.67 bits per heavy atom. The van der Waals surface area contributed by atoms with E-state index >= 15 is 0 Å². The lowest BCUT2D eigenvalue weighted by molar-refractivity contribution is -0.0544. The molecule has 0 bridgehead atoms. The van der Waals surface area contributed by atoms with Gasteiger partial charge in [0, 0.05) is 13.0 Å². The molecule has 30 heavy (non-hydrogen) atoms. The highest BCUT2D eigenvalue weighted by molar-refractivity contribution is 5.86. The van der Waals surface area contributed by atoms with Gasteiger partial charge in [-0.05, 0) is 42.7 Å². The largest absolute Gasteiger partial charge is 0.444 e.